The predicted octanol–water partition coefficient (Wildman–Crippen LogP) is 3.55. The maximum absolute atomic E-state index is 13.8. The van der Waals surface area contributed by atoms with Crippen molar-refractivity contribution < 1.29 is 17.6 Å². The number of imidazole rings is 1. The Bertz CT molecular complexity index is 1250. The van der Waals surface area contributed by atoms with Gasteiger partial charge >= 0.3 is 6.18 Å². The Morgan fingerprint density at radius 3 is 2.51 bits per heavy atom. The minimum atomic E-state index is -4.79. The van der Waals surface area contributed by atoms with Crippen LogP contribution in [0, 0.1) is 5.82 Å². The van der Waals surface area contributed by atoms with E-state index < -0.39 is 17.6 Å². The SMILES string of the molecule is NCCn1cc(-c2ccc(F)c(C(F)(F)F)c2)nc1C1CCN(c2ncnc(N)c2C2C=N2)CC1. The van der Waals surface area contributed by atoms with Crippen molar-refractivity contribution in [1.82, 2.24) is 19.5 Å². The van der Waals surface area contributed by atoms with Gasteiger partial charge in [-0.25, -0.2) is 19.3 Å². The first kappa shape index (κ1) is 23.2. The molecular formula is C23H24F4N8. The maximum atomic E-state index is 13.8. The second-order valence-electron chi connectivity index (χ2n) is 8.66. The lowest BCUT2D eigenvalue weighted by molar-refractivity contribution is -0.139. The van der Waals surface area contributed by atoms with Crippen LogP contribution in [0.15, 0.2) is 35.7 Å². The fraction of sp³-hybridized carbons (Fsp3) is 0.391. The topological polar surface area (TPSA) is 111 Å². The predicted molar refractivity (Wildman–Crippen MR) is 124 cm³/mol. The number of benzene rings is 1. The Balaban J connectivity index is 1.39. The van der Waals surface area contributed by atoms with E-state index in [0.29, 0.717) is 37.7 Å². The normalized spacial score (nSPS) is 18.3. The number of piperidine rings is 1. The zero-order chi connectivity index (χ0) is 24.7. The number of hydrogen-bond acceptors (Lipinski definition) is 7. The number of rotatable bonds is 6. The summed E-state index contributed by atoms with van der Waals surface area (Å²) in [5, 5.41) is 0. The van der Waals surface area contributed by atoms with Crippen LogP contribution in [0.3, 0.4) is 0 Å². The molecule has 12 heteroatoms. The third-order valence-electron chi connectivity index (χ3n) is 6.39. The lowest BCUT2D eigenvalue weighted by Crippen LogP contribution is -2.35. The Morgan fingerprint density at radius 1 is 1.11 bits per heavy atom. The van der Waals surface area contributed by atoms with Gasteiger partial charge < -0.3 is 20.9 Å². The quantitative estimate of drug-likeness (QED) is 0.514. The average molecular weight is 488 g/mol. The lowest BCUT2D eigenvalue weighted by Gasteiger charge is -2.33. The third-order valence-corrected chi connectivity index (χ3v) is 6.39. The molecule has 2 aromatic heterocycles. The molecule has 0 bridgehead atoms. The molecule has 0 aliphatic carbocycles. The van der Waals surface area contributed by atoms with E-state index in [2.05, 4.69) is 24.8 Å². The number of halogens is 4. The molecule has 35 heavy (non-hydrogen) atoms. The molecule has 2 aliphatic rings. The first-order chi connectivity index (χ1) is 16.8. The number of nitrogen functional groups attached to an aromatic ring is 1. The number of nitrogens with two attached hydrogens (primary N) is 2. The third kappa shape index (κ3) is 4.57. The number of anilines is 2. The van der Waals surface area contributed by atoms with Gasteiger partial charge in [0.05, 0.1) is 16.8 Å². The molecule has 0 amide bonds. The fourth-order valence-corrected chi connectivity index (χ4v) is 4.59. The van der Waals surface area contributed by atoms with Gasteiger partial charge in [-0.3, -0.25) is 4.99 Å². The molecular weight excluding hydrogens is 464 g/mol. The molecule has 4 N–H and O–H groups in total. The lowest BCUT2D eigenvalue weighted by atomic mass is 9.95. The molecule has 0 radical (unpaired) electrons. The molecule has 3 aromatic rings. The van der Waals surface area contributed by atoms with Gasteiger partial charge in [0.15, 0.2) is 0 Å². The molecule has 1 aromatic carbocycles. The van der Waals surface area contributed by atoms with E-state index >= 15 is 0 Å². The molecule has 8 nitrogen and oxygen atoms in total. The monoisotopic (exact) mass is 488 g/mol. The van der Waals surface area contributed by atoms with Gasteiger partial charge in [-0.05, 0) is 31.0 Å². The molecule has 2 aliphatic heterocycles. The van der Waals surface area contributed by atoms with Crippen molar-refractivity contribution in [1.29, 1.82) is 0 Å². The average Bonchev–Trinajstić information content (AvgIpc) is 3.58. The van der Waals surface area contributed by atoms with Crippen molar-refractivity contribution in [3.05, 3.63) is 53.5 Å². The van der Waals surface area contributed by atoms with Crippen molar-refractivity contribution >= 4 is 17.9 Å². The van der Waals surface area contributed by atoms with Gasteiger partial charge in [0.1, 0.15) is 35.6 Å². The summed E-state index contributed by atoms with van der Waals surface area (Å²) in [4.78, 5) is 19.6. The van der Waals surface area contributed by atoms with Crippen LogP contribution in [0.1, 0.15) is 41.8 Å². The van der Waals surface area contributed by atoms with Crippen molar-refractivity contribution in [2.75, 3.05) is 30.3 Å². The smallest absolute Gasteiger partial charge is 0.383 e. The van der Waals surface area contributed by atoms with Crippen LogP contribution in [-0.4, -0.2) is 45.4 Å². The van der Waals surface area contributed by atoms with Gasteiger partial charge in [-0.1, -0.05) is 0 Å². The highest BCUT2D eigenvalue weighted by Crippen LogP contribution is 2.38. The number of alkyl halides is 3. The Morgan fingerprint density at radius 2 is 1.86 bits per heavy atom. The molecule has 0 spiro atoms. The molecule has 4 heterocycles. The number of aromatic nitrogens is 4. The molecule has 184 valence electrons. The zero-order valence-electron chi connectivity index (χ0n) is 18.7. The minimum absolute atomic E-state index is 0.0766. The van der Waals surface area contributed by atoms with Gasteiger partial charge in [0.25, 0.3) is 0 Å². The van der Waals surface area contributed by atoms with Gasteiger partial charge in [0, 0.05) is 50.1 Å². The minimum Gasteiger partial charge on any atom is -0.383 e. The number of aliphatic imine (C=N–C) groups is 1. The van der Waals surface area contributed by atoms with E-state index in [-0.39, 0.29) is 17.5 Å². The van der Waals surface area contributed by atoms with Crippen LogP contribution in [0.2, 0.25) is 0 Å². The van der Waals surface area contributed by atoms with Crippen LogP contribution in [0.5, 0.6) is 0 Å². The number of hydrogen-bond donors (Lipinski definition) is 2. The summed E-state index contributed by atoms with van der Waals surface area (Å²) in [6.07, 6.45) is 1.66. The van der Waals surface area contributed by atoms with Gasteiger partial charge in [-0.15, -0.1) is 0 Å². The van der Waals surface area contributed by atoms with Crippen LogP contribution >= 0.6 is 0 Å². The van der Waals surface area contributed by atoms with Crippen LogP contribution in [-0.2, 0) is 12.7 Å². The van der Waals surface area contributed by atoms with Gasteiger partial charge in [-0.2, -0.15) is 13.2 Å². The van der Waals surface area contributed by atoms with Crippen LogP contribution in [0.4, 0.5) is 29.2 Å². The Kier molecular flexibility index (Phi) is 5.91. The van der Waals surface area contributed by atoms with E-state index in [1.807, 2.05) is 4.57 Å². The largest absolute Gasteiger partial charge is 0.419 e. The summed E-state index contributed by atoms with van der Waals surface area (Å²) in [6, 6.07) is 2.87. The molecule has 1 atom stereocenters. The van der Waals surface area contributed by atoms with Crippen molar-refractivity contribution in [3.63, 3.8) is 0 Å². The summed E-state index contributed by atoms with van der Waals surface area (Å²) >= 11 is 0. The summed E-state index contributed by atoms with van der Waals surface area (Å²) in [5.74, 6) is 0.720. The highest BCUT2D eigenvalue weighted by atomic mass is 19.4. The fourth-order valence-electron chi connectivity index (χ4n) is 4.59. The van der Waals surface area contributed by atoms with Crippen molar-refractivity contribution in [2.24, 2.45) is 10.7 Å². The molecule has 1 fully saturated rings. The van der Waals surface area contributed by atoms with Crippen LogP contribution < -0.4 is 16.4 Å². The van der Waals surface area contributed by atoms with Crippen LogP contribution in [0.25, 0.3) is 11.3 Å². The van der Waals surface area contributed by atoms with Gasteiger partial charge in [0.2, 0.25) is 0 Å². The summed E-state index contributed by atoms with van der Waals surface area (Å²) in [5.41, 5.74) is 11.9. The van der Waals surface area contributed by atoms with E-state index in [1.54, 1.807) is 12.4 Å². The number of nitrogens with zero attached hydrogens (tertiary/aromatic N) is 6. The Labute approximate surface area is 198 Å². The zero-order valence-corrected chi connectivity index (χ0v) is 18.7. The second-order valence-corrected chi connectivity index (χ2v) is 8.66. The first-order valence-electron chi connectivity index (χ1n) is 11.3. The Hall–Kier alpha value is -3.54. The first-order valence-corrected chi connectivity index (χ1v) is 11.3. The van der Waals surface area contributed by atoms with Crippen molar-refractivity contribution in [3.8, 4) is 11.3 Å². The second kappa shape index (κ2) is 8.91. The van der Waals surface area contributed by atoms with E-state index in [4.69, 9.17) is 11.5 Å². The van der Waals surface area contributed by atoms with E-state index in [0.717, 1.165) is 42.2 Å². The standard InChI is InChI=1S/C23H24F4N8/c24-16-2-1-14(9-15(16)23(25,26)27)18-11-35(8-5-28)21(33-18)13-3-6-34(7-4-13)22-19(17-10-30-17)20(29)31-12-32-22/h1-2,9-13,17H,3-8,28H2,(H2,29,31,32). The highest BCUT2D eigenvalue weighted by molar-refractivity contribution is 5.84. The van der Waals surface area contributed by atoms with E-state index in [9.17, 15) is 17.6 Å². The molecule has 5 rings (SSSR count). The maximum Gasteiger partial charge on any atom is 0.419 e. The summed E-state index contributed by atoms with van der Waals surface area (Å²) < 4.78 is 55.3. The molecule has 1 unspecified atom stereocenters. The molecule has 1 saturated heterocycles. The summed E-state index contributed by atoms with van der Waals surface area (Å²) in [6.45, 7) is 2.21. The van der Waals surface area contributed by atoms with E-state index in [1.165, 1.54) is 12.4 Å². The summed E-state index contributed by atoms with van der Waals surface area (Å²) in [7, 11) is 0. The van der Waals surface area contributed by atoms with Crippen molar-refractivity contribution in [2.45, 2.75) is 37.5 Å². The molecule has 0 saturated carbocycles. The highest BCUT2D eigenvalue weighted by Gasteiger charge is 2.35.